The molecular weight excluding hydrogens is 273 g/mol. The zero-order chi connectivity index (χ0) is 15.1. The summed E-state index contributed by atoms with van der Waals surface area (Å²) >= 11 is 0. The number of esters is 1. The van der Waals surface area contributed by atoms with Gasteiger partial charge in [-0.2, -0.15) is 0 Å². The predicted molar refractivity (Wildman–Crippen MR) is 64.1 cm³/mol. The second kappa shape index (κ2) is 7.17. The van der Waals surface area contributed by atoms with Gasteiger partial charge in [0.15, 0.2) is 0 Å². The average molecular weight is 285 g/mol. The topological polar surface area (TPSA) is 95.7 Å². The van der Waals surface area contributed by atoms with Gasteiger partial charge in [-0.05, 0) is 17.7 Å². The zero-order valence-electron chi connectivity index (χ0n) is 10.6. The molecule has 0 saturated carbocycles. The first-order valence-electron chi connectivity index (χ1n) is 5.58. The predicted octanol–water partition coefficient (Wildman–Crippen LogP) is 1.89. The van der Waals surface area contributed by atoms with E-state index in [1.54, 1.807) is 0 Å². The maximum absolute atomic E-state index is 12.8. The fourth-order valence-corrected chi connectivity index (χ4v) is 1.58. The molecule has 0 amide bonds. The summed E-state index contributed by atoms with van der Waals surface area (Å²) in [7, 11) is 1.03. The van der Waals surface area contributed by atoms with Crippen molar-refractivity contribution in [3.8, 4) is 0 Å². The van der Waals surface area contributed by atoms with E-state index < -0.39 is 35.3 Å². The lowest BCUT2D eigenvalue weighted by Crippen LogP contribution is -2.20. The van der Waals surface area contributed by atoms with Gasteiger partial charge >= 0.3 is 12.1 Å². The first-order valence-corrected chi connectivity index (χ1v) is 5.58. The van der Waals surface area contributed by atoms with E-state index in [4.69, 9.17) is 0 Å². The molecule has 1 aromatic carbocycles. The van der Waals surface area contributed by atoms with E-state index in [-0.39, 0.29) is 6.42 Å². The minimum atomic E-state index is -1.19. The summed E-state index contributed by atoms with van der Waals surface area (Å²) in [6.45, 7) is -0.540. The maximum Gasteiger partial charge on any atom is 0.515 e. The normalized spacial score (nSPS) is 11.5. The van der Waals surface area contributed by atoms with Crippen LogP contribution in [0, 0.1) is 15.9 Å². The summed E-state index contributed by atoms with van der Waals surface area (Å²) < 4.78 is 21.2. The molecule has 0 spiro atoms. The highest BCUT2D eigenvalue weighted by atomic mass is 19.1. The van der Waals surface area contributed by atoms with Crippen molar-refractivity contribution < 1.29 is 28.4 Å². The van der Waals surface area contributed by atoms with Crippen LogP contribution in [0.4, 0.5) is 9.18 Å². The van der Waals surface area contributed by atoms with Gasteiger partial charge in [0.25, 0.3) is 0 Å². The van der Waals surface area contributed by atoms with Gasteiger partial charge in [0.1, 0.15) is 5.82 Å². The second-order valence-electron chi connectivity index (χ2n) is 3.90. The van der Waals surface area contributed by atoms with Gasteiger partial charge in [-0.3, -0.25) is 14.9 Å². The first-order chi connectivity index (χ1) is 9.42. The Bertz CT molecular complexity index is 501. The van der Waals surface area contributed by atoms with E-state index in [2.05, 4.69) is 9.47 Å². The van der Waals surface area contributed by atoms with Crippen LogP contribution in [0.5, 0.6) is 0 Å². The molecule has 0 fully saturated rings. The Morgan fingerprint density at radius 1 is 1.35 bits per heavy atom. The Kier molecular flexibility index (Phi) is 5.57. The fourth-order valence-electron chi connectivity index (χ4n) is 1.58. The molecule has 0 aliphatic heterocycles. The highest BCUT2D eigenvalue weighted by molar-refractivity contribution is 5.82. The summed E-state index contributed by atoms with van der Waals surface area (Å²) in [5.41, 5.74) is 0.407. The molecule has 20 heavy (non-hydrogen) atoms. The summed E-state index contributed by atoms with van der Waals surface area (Å²) in [4.78, 5) is 32.2. The van der Waals surface area contributed by atoms with Crippen LogP contribution in [0.15, 0.2) is 24.3 Å². The summed E-state index contributed by atoms with van der Waals surface area (Å²) in [6, 6.07) is 4.95. The Labute approximate surface area is 113 Å². The van der Waals surface area contributed by atoms with E-state index in [1.165, 1.54) is 12.1 Å². The highest BCUT2D eigenvalue weighted by Gasteiger charge is 2.24. The number of hydrogen-bond donors (Lipinski definition) is 0. The van der Waals surface area contributed by atoms with Crippen LogP contribution in [0.3, 0.4) is 0 Å². The molecule has 0 aromatic heterocycles. The minimum Gasteiger partial charge on any atom is -0.437 e. The van der Waals surface area contributed by atoms with E-state index in [0.717, 1.165) is 19.2 Å². The van der Waals surface area contributed by atoms with Gasteiger partial charge in [0.2, 0.25) is 6.54 Å². The maximum atomic E-state index is 12.8. The monoisotopic (exact) mass is 285 g/mol. The lowest BCUT2D eigenvalue weighted by Gasteiger charge is -2.12. The number of benzene rings is 1. The van der Waals surface area contributed by atoms with Crippen molar-refractivity contribution in [2.75, 3.05) is 13.7 Å². The van der Waals surface area contributed by atoms with Gasteiger partial charge in [-0.25, -0.2) is 9.18 Å². The van der Waals surface area contributed by atoms with Crippen molar-refractivity contribution >= 4 is 12.1 Å². The van der Waals surface area contributed by atoms with E-state index in [0.29, 0.717) is 5.56 Å². The molecule has 108 valence electrons. The van der Waals surface area contributed by atoms with Crippen LogP contribution in [0.2, 0.25) is 0 Å². The summed E-state index contributed by atoms with van der Waals surface area (Å²) in [5, 5.41) is 10.6. The number of ether oxygens (including phenoxy) is 2. The largest absolute Gasteiger partial charge is 0.515 e. The summed E-state index contributed by atoms with van der Waals surface area (Å²) in [6.07, 6.45) is -1.57. The van der Waals surface area contributed by atoms with E-state index in [9.17, 15) is 24.1 Å². The van der Waals surface area contributed by atoms with Crippen molar-refractivity contribution in [1.29, 1.82) is 0 Å². The van der Waals surface area contributed by atoms with Crippen LogP contribution in [-0.2, 0) is 14.3 Å². The lowest BCUT2D eigenvalue weighted by atomic mass is 9.96. The fraction of sp³-hybridized carbons (Fsp3) is 0.333. The van der Waals surface area contributed by atoms with Gasteiger partial charge in [0.05, 0.1) is 19.4 Å². The second-order valence-corrected chi connectivity index (χ2v) is 3.90. The molecule has 1 aromatic rings. The molecule has 0 aliphatic carbocycles. The number of nitrogens with zero attached hydrogens (tertiary/aromatic N) is 1. The highest BCUT2D eigenvalue weighted by Crippen LogP contribution is 2.21. The molecule has 1 unspecified atom stereocenters. The lowest BCUT2D eigenvalue weighted by molar-refractivity contribution is -0.483. The molecule has 0 N–H and O–H groups in total. The van der Waals surface area contributed by atoms with Crippen molar-refractivity contribution in [3.63, 3.8) is 0 Å². The quantitative estimate of drug-likeness (QED) is 0.355. The van der Waals surface area contributed by atoms with Crippen molar-refractivity contribution in [2.45, 2.75) is 12.3 Å². The Hall–Kier alpha value is -2.51. The van der Waals surface area contributed by atoms with Gasteiger partial charge < -0.3 is 9.47 Å². The molecule has 0 heterocycles. The number of nitro groups is 1. The van der Waals surface area contributed by atoms with Crippen molar-refractivity contribution in [3.05, 3.63) is 45.8 Å². The third-order valence-corrected chi connectivity index (χ3v) is 2.49. The third kappa shape index (κ3) is 5.01. The number of halogens is 1. The molecule has 1 rings (SSSR count). The Morgan fingerprint density at radius 2 is 1.95 bits per heavy atom. The molecule has 0 aliphatic rings. The number of methoxy groups -OCH3 is 1. The zero-order valence-corrected chi connectivity index (χ0v) is 10.6. The molecular formula is C12H12FNO6. The number of hydrogen-bond acceptors (Lipinski definition) is 6. The average Bonchev–Trinajstić information content (AvgIpc) is 2.38. The SMILES string of the molecule is COC(=O)OC(=O)CC(C[N+](=O)[O-])c1ccc(F)cc1. The standard InChI is InChI=1S/C12H12FNO6/c1-19-12(16)20-11(15)6-9(7-14(17)18)8-2-4-10(13)5-3-8/h2-5,9H,6-7H2,1H3. The molecule has 0 radical (unpaired) electrons. The van der Waals surface area contributed by atoms with Crippen LogP contribution in [0.25, 0.3) is 0 Å². The van der Waals surface area contributed by atoms with E-state index in [1.807, 2.05) is 0 Å². The van der Waals surface area contributed by atoms with Gasteiger partial charge in [-0.15, -0.1) is 0 Å². The van der Waals surface area contributed by atoms with Crippen molar-refractivity contribution in [2.24, 2.45) is 0 Å². The van der Waals surface area contributed by atoms with Gasteiger partial charge in [0, 0.05) is 4.92 Å². The Morgan fingerprint density at radius 3 is 2.45 bits per heavy atom. The van der Waals surface area contributed by atoms with Crippen LogP contribution in [0.1, 0.15) is 17.9 Å². The third-order valence-electron chi connectivity index (χ3n) is 2.49. The van der Waals surface area contributed by atoms with E-state index >= 15 is 0 Å². The number of rotatable bonds is 5. The van der Waals surface area contributed by atoms with Gasteiger partial charge in [-0.1, -0.05) is 12.1 Å². The number of carbonyl (C=O) groups is 2. The molecule has 1 atom stereocenters. The summed E-state index contributed by atoms with van der Waals surface area (Å²) in [5.74, 6) is -2.26. The molecule has 7 nitrogen and oxygen atoms in total. The van der Waals surface area contributed by atoms with Crippen LogP contribution in [-0.4, -0.2) is 30.7 Å². The smallest absolute Gasteiger partial charge is 0.437 e. The number of carbonyl (C=O) groups excluding carboxylic acids is 2. The van der Waals surface area contributed by atoms with Crippen LogP contribution >= 0.6 is 0 Å². The molecule has 0 bridgehead atoms. The Balaban J connectivity index is 2.79. The molecule has 8 heteroatoms. The first kappa shape index (κ1) is 15.5. The van der Waals surface area contributed by atoms with Crippen LogP contribution < -0.4 is 0 Å². The van der Waals surface area contributed by atoms with Crippen molar-refractivity contribution in [1.82, 2.24) is 0 Å². The minimum absolute atomic E-state index is 0.387. The molecule has 0 saturated heterocycles.